The van der Waals surface area contributed by atoms with Crippen LogP contribution in [0.3, 0.4) is 0 Å². The highest BCUT2D eigenvalue weighted by atomic mass is 16.5. The van der Waals surface area contributed by atoms with Crippen LogP contribution in [0.5, 0.6) is 5.88 Å². The molecule has 0 bridgehead atoms. The zero-order chi connectivity index (χ0) is 14.4. The van der Waals surface area contributed by atoms with Gasteiger partial charge in [-0.3, -0.25) is 9.88 Å². The highest BCUT2D eigenvalue weighted by Crippen LogP contribution is 2.16. The van der Waals surface area contributed by atoms with E-state index in [2.05, 4.69) is 19.8 Å². The number of β-amino-alcohol motifs (C(OH)–C–C–N with tert-alkyl or cyclic N) is 1. The molecule has 1 aromatic rings. The van der Waals surface area contributed by atoms with Crippen LogP contribution in [0.2, 0.25) is 0 Å². The molecule has 2 heterocycles. The summed E-state index contributed by atoms with van der Waals surface area (Å²) in [5.41, 5.74) is 0. The van der Waals surface area contributed by atoms with Gasteiger partial charge in [0.05, 0.1) is 25.1 Å². The summed E-state index contributed by atoms with van der Waals surface area (Å²) in [5.74, 6) is 1.22. The third-order valence-corrected chi connectivity index (χ3v) is 3.16. The Labute approximate surface area is 118 Å². The molecule has 1 saturated heterocycles. The van der Waals surface area contributed by atoms with Crippen molar-refractivity contribution in [3.8, 4) is 5.88 Å². The van der Waals surface area contributed by atoms with Gasteiger partial charge in [0.25, 0.3) is 0 Å². The number of aliphatic hydroxyl groups excluding tert-OH is 2. The highest BCUT2D eigenvalue weighted by molar-refractivity contribution is 5.38. The number of hydrogen-bond acceptors (Lipinski definition) is 7. The van der Waals surface area contributed by atoms with Crippen molar-refractivity contribution >= 4 is 5.82 Å². The number of ether oxygens (including phenoxy) is 1. The van der Waals surface area contributed by atoms with Gasteiger partial charge in [-0.2, -0.15) is 4.98 Å². The van der Waals surface area contributed by atoms with Crippen molar-refractivity contribution in [3.63, 3.8) is 0 Å². The zero-order valence-electron chi connectivity index (χ0n) is 11.8. The van der Waals surface area contributed by atoms with Crippen LogP contribution in [-0.2, 0) is 0 Å². The number of anilines is 1. The average molecular weight is 282 g/mol. The first-order valence-corrected chi connectivity index (χ1v) is 6.90. The van der Waals surface area contributed by atoms with Crippen molar-refractivity contribution in [1.29, 1.82) is 0 Å². The van der Waals surface area contributed by atoms with Gasteiger partial charge in [-0.05, 0) is 6.92 Å². The van der Waals surface area contributed by atoms with E-state index in [9.17, 15) is 5.11 Å². The molecule has 7 heteroatoms. The van der Waals surface area contributed by atoms with Crippen LogP contribution in [0.1, 0.15) is 6.92 Å². The van der Waals surface area contributed by atoms with Crippen LogP contribution in [0.25, 0.3) is 0 Å². The summed E-state index contributed by atoms with van der Waals surface area (Å²) in [6.07, 6.45) is 2.97. The molecule has 112 valence electrons. The molecular weight excluding hydrogens is 260 g/mol. The van der Waals surface area contributed by atoms with E-state index in [1.165, 1.54) is 0 Å². The topological polar surface area (TPSA) is 82.0 Å². The van der Waals surface area contributed by atoms with Gasteiger partial charge in [0.15, 0.2) is 5.82 Å². The van der Waals surface area contributed by atoms with Crippen molar-refractivity contribution in [1.82, 2.24) is 14.9 Å². The fourth-order valence-corrected chi connectivity index (χ4v) is 2.24. The third kappa shape index (κ3) is 4.29. The maximum Gasteiger partial charge on any atom is 0.234 e. The first kappa shape index (κ1) is 15.0. The van der Waals surface area contributed by atoms with Crippen LogP contribution in [0, 0.1) is 0 Å². The minimum atomic E-state index is -0.295. The lowest BCUT2D eigenvalue weighted by Crippen LogP contribution is -2.48. The molecule has 2 N–H and O–H groups in total. The number of hydrogen-bond donors (Lipinski definition) is 2. The normalized spacial score (nSPS) is 18.1. The lowest BCUT2D eigenvalue weighted by Gasteiger charge is -2.35. The molecule has 0 saturated carbocycles. The first-order valence-electron chi connectivity index (χ1n) is 6.90. The molecule has 1 aliphatic heterocycles. The minimum absolute atomic E-state index is 0.0378. The fraction of sp³-hybridized carbons (Fsp3) is 0.692. The van der Waals surface area contributed by atoms with Crippen molar-refractivity contribution in [2.75, 3.05) is 50.8 Å². The summed E-state index contributed by atoms with van der Waals surface area (Å²) in [7, 11) is 0. The van der Waals surface area contributed by atoms with E-state index in [1.54, 1.807) is 19.3 Å². The van der Waals surface area contributed by atoms with E-state index in [0.29, 0.717) is 12.4 Å². The maximum absolute atomic E-state index is 9.39. The van der Waals surface area contributed by atoms with Crippen LogP contribution in [0.4, 0.5) is 5.82 Å². The Morgan fingerprint density at radius 1 is 1.30 bits per heavy atom. The lowest BCUT2D eigenvalue weighted by atomic mass is 10.3. The highest BCUT2D eigenvalue weighted by Gasteiger charge is 2.19. The van der Waals surface area contributed by atoms with Gasteiger partial charge < -0.3 is 19.8 Å². The van der Waals surface area contributed by atoms with Gasteiger partial charge in [0.2, 0.25) is 5.88 Å². The predicted octanol–water partition coefficient (Wildman–Crippen LogP) is -0.649. The smallest absolute Gasteiger partial charge is 0.234 e. The number of aromatic nitrogens is 2. The summed E-state index contributed by atoms with van der Waals surface area (Å²) < 4.78 is 5.27. The van der Waals surface area contributed by atoms with Gasteiger partial charge in [-0.1, -0.05) is 0 Å². The van der Waals surface area contributed by atoms with Crippen LogP contribution in [0.15, 0.2) is 12.4 Å². The zero-order valence-corrected chi connectivity index (χ0v) is 11.8. The Morgan fingerprint density at radius 3 is 2.70 bits per heavy atom. The quantitative estimate of drug-likeness (QED) is 0.717. The first-order chi connectivity index (χ1) is 9.69. The van der Waals surface area contributed by atoms with E-state index in [4.69, 9.17) is 9.84 Å². The Morgan fingerprint density at radius 2 is 2.05 bits per heavy atom. The van der Waals surface area contributed by atoms with Crippen molar-refractivity contribution in [2.24, 2.45) is 0 Å². The molecule has 7 nitrogen and oxygen atoms in total. The van der Waals surface area contributed by atoms with E-state index in [0.717, 1.165) is 32.0 Å². The maximum atomic E-state index is 9.39. The van der Waals surface area contributed by atoms with Gasteiger partial charge in [0, 0.05) is 32.7 Å². The van der Waals surface area contributed by atoms with Gasteiger partial charge in [0.1, 0.15) is 6.61 Å². The van der Waals surface area contributed by atoms with Gasteiger partial charge in [-0.15, -0.1) is 0 Å². The lowest BCUT2D eigenvalue weighted by molar-refractivity contribution is 0.122. The second kappa shape index (κ2) is 7.37. The standard InChI is InChI=1S/C13H22N4O3/c1-11(19)10-16-2-4-17(5-3-16)12-8-14-9-13(15-12)20-7-6-18/h8-9,11,18-19H,2-7,10H2,1H3/t11-/m1/s1. The molecule has 1 aromatic heterocycles. The summed E-state index contributed by atoms with van der Waals surface area (Å²) in [5, 5.41) is 18.1. The monoisotopic (exact) mass is 282 g/mol. The Bertz CT molecular complexity index is 408. The van der Waals surface area contributed by atoms with Gasteiger partial charge >= 0.3 is 0 Å². The predicted molar refractivity (Wildman–Crippen MR) is 74.9 cm³/mol. The molecule has 0 unspecified atom stereocenters. The summed E-state index contributed by atoms with van der Waals surface area (Å²) in [4.78, 5) is 12.9. The average Bonchev–Trinajstić information content (AvgIpc) is 2.45. The second-order valence-electron chi connectivity index (χ2n) is 4.92. The van der Waals surface area contributed by atoms with Crippen molar-refractivity contribution < 1.29 is 14.9 Å². The molecule has 20 heavy (non-hydrogen) atoms. The van der Waals surface area contributed by atoms with E-state index in [1.807, 2.05) is 0 Å². The second-order valence-corrected chi connectivity index (χ2v) is 4.92. The Hall–Kier alpha value is -1.44. The fourth-order valence-electron chi connectivity index (χ4n) is 2.24. The molecule has 0 aromatic carbocycles. The summed E-state index contributed by atoms with van der Waals surface area (Å²) in [6, 6.07) is 0. The SMILES string of the molecule is C[C@@H](O)CN1CCN(c2cncc(OCCO)n2)CC1. The third-order valence-electron chi connectivity index (χ3n) is 3.16. The molecule has 0 amide bonds. The van der Waals surface area contributed by atoms with Crippen molar-refractivity contribution in [3.05, 3.63) is 12.4 Å². The van der Waals surface area contributed by atoms with E-state index < -0.39 is 0 Å². The largest absolute Gasteiger partial charge is 0.474 e. The van der Waals surface area contributed by atoms with E-state index in [-0.39, 0.29) is 19.3 Å². The molecule has 1 atom stereocenters. The van der Waals surface area contributed by atoms with Gasteiger partial charge in [-0.25, -0.2) is 0 Å². The number of nitrogens with zero attached hydrogens (tertiary/aromatic N) is 4. The van der Waals surface area contributed by atoms with Crippen LogP contribution < -0.4 is 9.64 Å². The Balaban J connectivity index is 1.89. The minimum Gasteiger partial charge on any atom is -0.474 e. The molecule has 0 radical (unpaired) electrons. The Kier molecular flexibility index (Phi) is 5.51. The summed E-state index contributed by atoms with van der Waals surface area (Å²) in [6.45, 7) is 6.20. The van der Waals surface area contributed by atoms with Crippen LogP contribution in [-0.4, -0.2) is 77.1 Å². The molecular formula is C13H22N4O3. The number of rotatable bonds is 6. The molecule has 2 rings (SSSR count). The number of piperazine rings is 1. The van der Waals surface area contributed by atoms with Crippen molar-refractivity contribution in [2.45, 2.75) is 13.0 Å². The van der Waals surface area contributed by atoms with E-state index >= 15 is 0 Å². The number of aliphatic hydroxyl groups is 2. The molecule has 1 aliphatic rings. The molecule has 0 spiro atoms. The molecule has 0 aliphatic carbocycles. The summed E-state index contributed by atoms with van der Waals surface area (Å²) >= 11 is 0. The molecule has 1 fully saturated rings. The van der Waals surface area contributed by atoms with Crippen LogP contribution >= 0.6 is 0 Å².